The molecule has 0 spiro atoms. The van der Waals surface area contributed by atoms with Gasteiger partial charge in [-0.3, -0.25) is 4.79 Å². The molecule has 1 saturated carbocycles. The van der Waals surface area contributed by atoms with Crippen LogP contribution in [0.15, 0.2) is 53.4 Å². The Morgan fingerprint density at radius 1 is 1.32 bits per heavy atom. The Morgan fingerprint density at radius 3 is 3.00 bits per heavy atom. The Labute approximate surface area is 213 Å². The normalized spacial score (nSPS) is 17.9. The number of halogens is 1. The summed E-state index contributed by atoms with van der Waals surface area (Å²) in [6.45, 7) is 2.08. The van der Waals surface area contributed by atoms with Crippen molar-refractivity contribution < 1.29 is 13.6 Å². The molecule has 2 aliphatic rings. The number of hydrogen-bond donors (Lipinski definition) is 1. The van der Waals surface area contributed by atoms with Crippen molar-refractivity contribution in [2.24, 2.45) is 5.41 Å². The summed E-state index contributed by atoms with van der Waals surface area (Å²) < 4.78 is 21.5. The number of rotatable bonds is 5. The van der Waals surface area contributed by atoms with Gasteiger partial charge in [-0.2, -0.15) is 5.26 Å². The van der Waals surface area contributed by atoms with E-state index in [0.717, 1.165) is 35.1 Å². The Kier molecular flexibility index (Phi) is 5.53. The number of benzene rings is 1. The van der Waals surface area contributed by atoms with Crippen LogP contribution >= 0.6 is 0 Å². The number of nitrogens with one attached hydrogen (secondary N) is 1. The van der Waals surface area contributed by atoms with E-state index in [2.05, 4.69) is 33.2 Å². The minimum absolute atomic E-state index is 0.221. The molecule has 0 saturated heterocycles. The molecule has 1 aliphatic heterocycles. The van der Waals surface area contributed by atoms with Crippen molar-refractivity contribution in [3.63, 3.8) is 0 Å². The first-order chi connectivity index (χ1) is 17.9. The number of nitriles is 1. The van der Waals surface area contributed by atoms with Crippen LogP contribution in [0.3, 0.4) is 0 Å². The van der Waals surface area contributed by atoms with Crippen molar-refractivity contribution in [2.75, 3.05) is 0 Å². The van der Waals surface area contributed by atoms with Crippen molar-refractivity contribution in [1.82, 2.24) is 19.9 Å². The SMILES string of the molecule is Cc1cc(C#CC2(CC#N)CC2)cc(C(=O)NC(c2ccc3occc3c2)c2ncn3c2C[C@@H](F)C3)n1. The van der Waals surface area contributed by atoms with Crippen LogP contribution in [0.5, 0.6) is 0 Å². The Balaban J connectivity index is 1.34. The topological polar surface area (TPSA) is 96.7 Å². The molecule has 1 N–H and O–H groups in total. The van der Waals surface area contributed by atoms with E-state index < -0.39 is 12.2 Å². The number of imidazole rings is 1. The average molecular weight is 494 g/mol. The second kappa shape index (κ2) is 8.90. The van der Waals surface area contributed by atoms with Crippen molar-refractivity contribution in [3.05, 3.63) is 82.9 Å². The minimum Gasteiger partial charge on any atom is -0.464 e. The third kappa shape index (κ3) is 4.47. The predicted octanol–water partition coefficient (Wildman–Crippen LogP) is 4.79. The summed E-state index contributed by atoms with van der Waals surface area (Å²) in [6.07, 6.45) is 4.78. The number of aromatic nitrogens is 3. The van der Waals surface area contributed by atoms with E-state index in [4.69, 9.17) is 9.68 Å². The van der Waals surface area contributed by atoms with Crippen molar-refractivity contribution in [3.8, 4) is 17.9 Å². The smallest absolute Gasteiger partial charge is 0.270 e. The van der Waals surface area contributed by atoms with E-state index in [-0.39, 0.29) is 30.0 Å². The standard InChI is InChI=1S/C29H24FN5O2/c1-18-12-19(4-6-29(7-8-29)9-10-31)13-23(33-18)28(36)34-26(21-2-3-25-20(14-21)5-11-37-25)27-24-15-22(30)16-35(24)17-32-27/h2-3,5,11-14,17,22,26H,7-9,15-16H2,1H3,(H,34,36)/t22-,26?/m1/s1. The first-order valence-corrected chi connectivity index (χ1v) is 12.3. The van der Waals surface area contributed by atoms with Gasteiger partial charge in [-0.15, -0.1) is 0 Å². The van der Waals surface area contributed by atoms with E-state index in [1.54, 1.807) is 18.7 Å². The average Bonchev–Trinajstić information content (AvgIpc) is 3.17. The number of nitrogens with zero attached hydrogens (tertiary/aromatic N) is 4. The molecule has 0 radical (unpaired) electrons. The summed E-state index contributed by atoms with van der Waals surface area (Å²) in [5, 5.41) is 13.1. The molecule has 4 heterocycles. The molecule has 3 aromatic heterocycles. The number of amides is 1. The highest BCUT2D eigenvalue weighted by Gasteiger charge is 2.40. The molecule has 1 amide bonds. The maximum Gasteiger partial charge on any atom is 0.270 e. The highest BCUT2D eigenvalue weighted by molar-refractivity contribution is 5.93. The Morgan fingerprint density at radius 2 is 2.19 bits per heavy atom. The lowest BCUT2D eigenvalue weighted by molar-refractivity contribution is 0.0937. The van der Waals surface area contributed by atoms with E-state index in [1.165, 1.54) is 0 Å². The fourth-order valence-corrected chi connectivity index (χ4v) is 4.92. The highest BCUT2D eigenvalue weighted by atomic mass is 19.1. The molecule has 7 nitrogen and oxygen atoms in total. The van der Waals surface area contributed by atoms with Gasteiger partial charge in [0.25, 0.3) is 5.91 Å². The summed E-state index contributed by atoms with van der Waals surface area (Å²) in [6, 6.07) is 12.7. The van der Waals surface area contributed by atoms with Gasteiger partial charge in [-0.05, 0) is 55.7 Å². The van der Waals surface area contributed by atoms with Crippen LogP contribution in [-0.4, -0.2) is 26.6 Å². The molecular formula is C29H24FN5O2. The van der Waals surface area contributed by atoms with Gasteiger partial charge in [0, 0.05) is 34.2 Å². The van der Waals surface area contributed by atoms with Crippen LogP contribution in [0.25, 0.3) is 11.0 Å². The van der Waals surface area contributed by atoms with Crippen LogP contribution in [0.4, 0.5) is 4.39 Å². The van der Waals surface area contributed by atoms with Gasteiger partial charge in [-0.1, -0.05) is 17.9 Å². The zero-order valence-corrected chi connectivity index (χ0v) is 20.3. The van der Waals surface area contributed by atoms with E-state index in [9.17, 15) is 9.18 Å². The van der Waals surface area contributed by atoms with Gasteiger partial charge in [0.05, 0.1) is 43.4 Å². The third-order valence-corrected chi connectivity index (χ3v) is 7.08. The maximum absolute atomic E-state index is 14.2. The zero-order valence-electron chi connectivity index (χ0n) is 20.3. The lowest BCUT2D eigenvalue weighted by Crippen LogP contribution is -2.31. The fraction of sp³-hybridized carbons (Fsp3) is 0.310. The molecular weight excluding hydrogens is 469 g/mol. The number of carbonyl (C=O) groups excluding carboxylic acids is 1. The van der Waals surface area contributed by atoms with Crippen LogP contribution in [0.1, 0.15) is 64.0 Å². The number of carbonyl (C=O) groups is 1. The van der Waals surface area contributed by atoms with Crippen LogP contribution < -0.4 is 5.32 Å². The third-order valence-electron chi connectivity index (χ3n) is 7.08. The van der Waals surface area contributed by atoms with Gasteiger partial charge in [0.15, 0.2) is 0 Å². The van der Waals surface area contributed by atoms with Crippen molar-refractivity contribution in [2.45, 2.75) is 51.4 Å². The predicted molar refractivity (Wildman–Crippen MR) is 134 cm³/mol. The van der Waals surface area contributed by atoms with E-state index >= 15 is 0 Å². The molecule has 184 valence electrons. The van der Waals surface area contributed by atoms with Crippen LogP contribution in [-0.2, 0) is 13.0 Å². The minimum atomic E-state index is -0.972. The summed E-state index contributed by atoms with van der Waals surface area (Å²) in [5.41, 5.74) is 4.32. The summed E-state index contributed by atoms with van der Waals surface area (Å²) in [5.74, 6) is 6.00. The number of pyridine rings is 1. The molecule has 1 fully saturated rings. The van der Waals surface area contributed by atoms with Crippen LogP contribution in [0.2, 0.25) is 0 Å². The molecule has 1 aliphatic carbocycles. The van der Waals surface area contributed by atoms with Gasteiger partial charge >= 0.3 is 0 Å². The Hall–Kier alpha value is -4.43. The highest BCUT2D eigenvalue weighted by Crippen LogP contribution is 2.47. The van der Waals surface area contributed by atoms with Gasteiger partial charge in [-0.25, -0.2) is 14.4 Å². The monoisotopic (exact) mass is 493 g/mol. The van der Waals surface area contributed by atoms with E-state index in [1.807, 2.05) is 41.8 Å². The molecule has 1 unspecified atom stereocenters. The zero-order chi connectivity index (χ0) is 25.6. The van der Waals surface area contributed by atoms with E-state index in [0.29, 0.717) is 23.4 Å². The molecule has 4 aromatic rings. The summed E-state index contributed by atoms with van der Waals surface area (Å²) in [7, 11) is 0. The Bertz CT molecular complexity index is 1630. The second-order valence-electron chi connectivity index (χ2n) is 9.90. The molecule has 37 heavy (non-hydrogen) atoms. The number of aryl methyl sites for hydroxylation is 1. The van der Waals surface area contributed by atoms with Crippen molar-refractivity contribution in [1.29, 1.82) is 5.26 Å². The van der Waals surface area contributed by atoms with Crippen LogP contribution in [0, 0.1) is 35.5 Å². The molecule has 0 bridgehead atoms. The molecule has 8 heteroatoms. The molecule has 2 atom stereocenters. The molecule has 1 aromatic carbocycles. The quantitative estimate of drug-likeness (QED) is 0.403. The summed E-state index contributed by atoms with van der Waals surface area (Å²) in [4.78, 5) is 22.6. The first-order valence-electron chi connectivity index (χ1n) is 12.3. The van der Waals surface area contributed by atoms with Gasteiger partial charge in [0.2, 0.25) is 0 Å². The maximum atomic E-state index is 14.2. The largest absolute Gasteiger partial charge is 0.464 e. The first kappa shape index (κ1) is 23.0. The number of fused-ring (bicyclic) bond motifs is 2. The van der Waals surface area contributed by atoms with Gasteiger partial charge in [0.1, 0.15) is 17.4 Å². The van der Waals surface area contributed by atoms with Gasteiger partial charge < -0.3 is 14.3 Å². The summed E-state index contributed by atoms with van der Waals surface area (Å²) >= 11 is 0. The fourth-order valence-electron chi connectivity index (χ4n) is 4.92. The van der Waals surface area contributed by atoms with Crippen molar-refractivity contribution >= 4 is 16.9 Å². The number of furan rings is 1. The lowest BCUT2D eigenvalue weighted by Gasteiger charge is -2.19. The second-order valence-corrected chi connectivity index (χ2v) is 9.90. The number of hydrogen-bond acceptors (Lipinski definition) is 5. The number of alkyl halides is 1. The lowest BCUT2D eigenvalue weighted by atomic mass is 9.99. The molecule has 6 rings (SSSR count).